The summed E-state index contributed by atoms with van der Waals surface area (Å²) in [5.74, 6) is 0.0679. The maximum atomic E-state index is 13.6. The van der Waals surface area contributed by atoms with E-state index in [0.717, 1.165) is 4.52 Å². The minimum atomic E-state index is -2.78. The number of benzene rings is 2. The fraction of sp³-hybridized carbons (Fsp3) is 0.0952. The summed E-state index contributed by atoms with van der Waals surface area (Å²) in [4.78, 5) is 17.2. The lowest BCUT2D eigenvalue weighted by atomic mass is 10.1. The highest BCUT2D eigenvalue weighted by Gasteiger charge is 2.21. The number of carbonyl (C=O) groups excluding carboxylic acids is 1. The second kappa shape index (κ2) is 7.67. The predicted octanol–water partition coefficient (Wildman–Crippen LogP) is 4.59. The van der Waals surface area contributed by atoms with E-state index in [-0.39, 0.29) is 16.9 Å². The van der Waals surface area contributed by atoms with E-state index in [9.17, 15) is 13.6 Å². The molecule has 0 fully saturated rings. The molecular formula is C21H16F2N4O2. The van der Waals surface area contributed by atoms with Gasteiger partial charge in [0.15, 0.2) is 5.65 Å². The van der Waals surface area contributed by atoms with Crippen molar-refractivity contribution < 1.29 is 18.3 Å². The van der Waals surface area contributed by atoms with Crippen LogP contribution in [0, 0.1) is 0 Å². The van der Waals surface area contributed by atoms with E-state index in [1.807, 2.05) is 6.07 Å². The van der Waals surface area contributed by atoms with Crippen molar-refractivity contribution in [2.75, 3.05) is 12.4 Å². The number of alkyl halides is 2. The second-order valence-electron chi connectivity index (χ2n) is 6.21. The number of hydrogen-bond acceptors (Lipinski definition) is 4. The van der Waals surface area contributed by atoms with Crippen LogP contribution in [0.1, 0.15) is 22.5 Å². The van der Waals surface area contributed by atoms with Crippen molar-refractivity contribution in [3.63, 3.8) is 0 Å². The number of amides is 1. The summed E-state index contributed by atoms with van der Waals surface area (Å²) >= 11 is 0. The van der Waals surface area contributed by atoms with Crippen LogP contribution in [0.15, 0.2) is 66.9 Å². The molecule has 0 unspecified atom stereocenters. The molecular weight excluding hydrogens is 378 g/mol. The van der Waals surface area contributed by atoms with Gasteiger partial charge in [-0.15, -0.1) is 0 Å². The first kappa shape index (κ1) is 18.5. The summed E-state index contributed by atoms with van der Waals surface area (Å²) in [5, 5.41) is 6.68. The van der Waals surface area contributed by atoms with E-state index in [4.69, 9.17) is 4.74 Å². The van der Waals surface area contributed by atoms with E-state index in [2.05, 4.69) is 15.4 Å². The first-order valence-electron chi connectivity index (χ1n) is 8.74. The predicted molar refractivity (Wildman–Crippen MR) is 104 cm³/mol. The molecule has 1 amide bonds. The lowest BCUT2D eigenvalue weighted by Gasteiger charge is -2.09. The van der Waals surface area contributed by atoms with Crippen molar-refractivity contribution in [3.8, 4) is 17.0 Å². The lowest BCUT2D eigenvalue weighted by molar-refractivity contribution is 0.102. The van der Waals surface area contributed by atoms with E-state index in [1.54, 1.807) is 48.5 Å². The summed E-state index contributed by atoms with van der Waals surface area (Å²) in [6.07, 6.45) is -1.55. The Bertz CT molecular complexity index is 1180. The average Bonchev–Trinajstić information content (AvgIpc) is 3.18. The number of hydrogen-bond donors (Lipinski definition) is 1. The minimum absolute atomic E-state index is 0.0575. The Kier molecular flexibility index (Phi) is 4.90. The average molecular weight is 394 g/mol. The number of rotatable bonds is 5. The molecule has 0 atom stereocenters. The normalized spacial score (nSPS) is 11.0. The van der Waals surface area contributed by atoms with E-state index < -0.39 is 12.3 Å². The van der Waals surface area contributed by atoms with Crippen LogP contribution in [0.2, 0.25) is 0 Å². The minimum Gasteiger partial charge on any atom is -0.497 e. The summed E-state index contributed by atoms with van der Waals surface area (Å²) in [6, 6.07) is 17.0. The zero-order chi connectivity index (χ0) is 20.4. The van der Waals surface area contributed by atoms with Crippen LogP contribution in [0.4, 0.5) is 14.5 Å². The highest BCUT2D eigenvalue weighted by atomic mass is 19.3. The van der Waals surface area contributed by atoms with Gasteiger partial charge in [-0.1, -0.05) is 36.4 Å². The van der Waals surface area contributed by atoms with Gasteiger partial charge in [0.25, 0.3) is 12.3 Å². The molecule has 8 heteroatoms. The molecule has 0 aliphatic rings. The highest BCUT2D eigenvalue weighted by Crippen LogP contribution is 2.27. The molecule has 6 nitrogen and oxygen atoms in total. The number of nitrogens with zero attached hydrogens (tertiary/aromatic N) is 3. The molecule has 2 heterocycles. The number of aromatic nitrogens is 3. The molecule has 0 aliphatic carbocycles. The molecule has 4 rings (SSSR count). The lowest BCUT2D eigenvalue weighted by Crippen LogP contribution is -2.12. The molecule has 0 aliphatic heterocycles. The summed E-state index contributed by atoms with van der Waals surface area (Å²) in [5.41, 5.74) is 1.31. The molecule has 2 aromatic heterocycles. The molecule has 2 aromatic carbocycles. The highest BCUT2D eigenvalue weighted by molar-refractivity contribution is 6.08. The molecule has 0 saturated carbocycles. The Balaban J connectivity index is 1.78. The fourth-order valence-electron chi connectivity index (χ4n) is 2.96. The van der Waals surface area contributed by atoms with Gasteiger partial charge in [-0.25, -0.2) is 18.3 Å². The SMILES string of the molecule is COc1cccc(NC(=O)c2cnn3c(C(F)F)cc(-c4ccccc4)nc23)c1. The number of anilines is 1. The Morgan fingerprint density at radius 2 is 1.90 bits per heavy atom. The van der Waals surface area contributed by atoms with Crippen LogP contribution < -0.4 is 10.1 Å². The molecule has 4 aromatic rings. The standard InChI is InChI=1S/C21H16F2N4O2/c1-29-15-9-5-8-14(10-15)25-21(28)16-12-24-27-18(19(22)23)11-17(26-20(16)27)13-6-3-2-4-7-13/h2-12,19H,1H3,(H,25,28). The van der Waals surface area contributed by atoms with Crippen LogP contribution >= 0.6 is 0 Å². The molecule has 146 valence electrons. The van der Waals surface area contributed by atoms with Crippen LogP contribution in [0.5, 0.6) is 5.75 Å². The van der Waals surface area contributed by atoms with Gasteiger partial charge < -0.3 is 10.1 Å². The first-order chi connectivity index (χ1) is 14.1. The van der Waals surface area contributed by atoms with Gasteiger partial charge in [-0.05, 0) is 18.2 Å². The first-order valence-corrected chi connectivity index (χ1v) is 8.74. The van der Waals surface area contributed by atoms with E-state index >= 15 is 0 Å². The second-order valence-corrected chi connectivity index (χ2v) is 6.21. The molecule has 0 saturated heterocycles. The van der Waals surface area contributed by atoms with Gasteiger partial charge in [0.2, 0.25) is 0 Å². The van der Waals surface area contributed by atoms with Crippen molar-refractivity contribution >= 4 is 17.2 Å². The number of methoxy groups -OCH3 is 1. The smallest absolute Gasteiger partial charge is 0.280 e. The van der Waals surface area contributed by atoms with Gasteiger partial charge in [0.1, 0.15) is 17.0 Å². The van der Waals surface area contributed by atoms with Crippen molar-refractivity contribution in [1.82, 2.24) is 14.6 Å². The van der Waals surface area contributed by atoms with Gasteiger partial charge in [-0.3, -0.25) is 4.79 Å². The zero-order valence-electron chi connectivity index (χ0n) is 15.3. The third-order valence-corrected chi connectivity index (χ3v) is 4.36. The van der Waals surface area contributed by atoms with Crippen LogP contribution in [-0.2, 0) is 0 Å². The number of carbonyl (C=O) groups is 1. The van der Waals surface area contributed by atoms with Crippen molar-refractivity contribution in [3.05, 3.63) is 78.1 Å². The summed E-state index contributed by atoms with van der Waals surface area (Å²) < 4.78 is 33.4. The monoisotopic (exact) mass is 394 g/mol. The third-order valence-electron chi connectivity index (χ3n) is 4.36. The molecule has 0 spiro atoms. The number of ether oxygens (including phenoxy) is 1. The van der Waals surface area contributed by atoms with Crippen LogP contribution in [0.25, 0.3) is 16.9 Å². The molecule has 1 N–H and O–H groups in total. The van der Waals surface area contributed by atoms with E-state index in [1.165, 1.54) is 19.4 Å². The molecule has 0 bridgehead atoms. The number of fused-ring (bicyclic) bond motifs is 1. The number of halogens is 2. The Morgan fingerprint density at radius 3 is 2.62 bits per heavy atom. The van der Waals surface area contributed by atoms with Crippen LogP contribution in [-0.4, -0.2) is 27.6 Å². The van der Waals surface area contributed by atoms with Crippen LogP contribution in [0.3, 0.4) is 0 Å². The maximum Gasteiger partial charge on any atom is 0.280 e. The summed E-state index contributed by atoms with van der Waals surface area (Å²) in [7, 11) is 1.52. The quantitative estimate of drug-likeness (QED) is 0.537. The Hall–Kier alpha value is -3.81. The third kappa shape index (κ3) is 3.64. The maximum absolute atomic E-state index is 13.6. The summed E-state index contributed by atoms with van der Waals surface area (Å²) in [6.45, 7) is 0. The Labute approximate surface area is 164 Å². The fourth-order valence-corrected chi connectivity index (χ4v) is 2.96. The Morgan fingerprint density at radius 1 is 1.10 bits per heavy atom. The van der Waals surface area contributed by atoms with Crippen molar-refractivity contribution in [1.29, 1.82) is 0 Å². The van der Waals surface area contributed by atoms with E-state index in [0.29, 0.717) is 22.7 Å². The van der Waals surface area contributed by atoms with Gasteiger partial charge in [0, 0.05) is 17.3 Å². The molecule has 0 radical (unpaired) electrons. The zero-order valence-corrected chi connectivity index (χ0v) is 15.3. The van der Waals surface area contributed by atoms with Crippen molar-refractivity contribution in [2.45, 2.75) is 6.43 Å². The van der Waals surface area contributed by atoms with Gasteiger partial charge >= 0.3 is 0 Å². The molecule has 29 heavy (non-hydrogen) atoms. The largest absolute Gasteiger partial charge is 0.497 e. The topological polar surface area (TPSA) is 68.5 Å². The van der Waals surface area contributed by atoms with Gasteiger partial charge in [0.05, 0.1) is 19.0 Å². The van der Waals surface area contributed by atoms with Crippen molar-refractivity contribution in [2.24, 2.45) is 0 Å². The van der Waals surface area contributed by atoms with Gasteiger partial charge in [-0.2, -0.15) is 5.10 Å². The number of nitrogens with one attached hydrogen (secondary N) is 1.